The van der Waals surface area contributed by atoms with Crippen molar-refractivity contribution >= 4 is 44.0 Å². The molecule has 1 saturated heterocycles. The maximum atomic E-state index is 13.0. The number of nitrogens with zero attached hydrogens (tertiary/aromatic N) is 2. The Balaban J connectivity index is 1.40. The standard InChI is InChI=1S/C26H27N3O4S/c1-3-29-23-14-13-22(20-7-4-8-21(24(20)23)26(29)31)27-25(30)18-9-11-19(12-10-18)34(32,33)28-15-5-6-17(2)16-28/h4,7-14,17H,3,5-6,15-16H2,1-2H3,(H,27,30). The second kappa shape index (κ2) is 8.52. The van der Waals surface area contributed by atoms with E-state index in [0.717, 1.165) is 29.3 Å². The van der Waals surface area contributed by atoms with Crippen LogP contribution >= 0.6 is 0 Å². The first-order chi connectivity index (χ1) is 16.3. The molecule has 3 aromatic carbocycles. The number of piperidine rings is 1. The average molecular weight is 478 g/mol. The Bertz CT molecular complexity index is 1400. The summed E-state index contributed by atoms with van der Waals surface area (Å²) in [6, 6.07) is 15.2. The number of rotatable bonds is 5. The molecule has 1 atom stereocenters. The van der Waals surface area contributed by atoms with Crippen LogP contribution in [0.5, 0.6) is 0 Å². The van der Waals surface area contributed by atoms with E-state index in [-0.39, 0.29) is 16.7 Å². The lowest BCUT2D eigenvalue weighted by Crippen LogP contribution is -2.39. The van der Waals surface area contributed by atoms with Gasteiger partial charge in [-0.1, -0.05) is 19.1 Å². The van der Waals surface area contributed by atoms with Gasteiger partial charge in [-0.3, -0.25) is 9.59 Å². The molecule has 2 aliphatic rings. The molecular weight excluding hydrogens is 450 g/mol. The van der Waals surface area contributed by atoms with Crippen molar-refractivity contribution in [1.29, 1.82) is 0 Å². The molecule has 1 fully saturated rings. The van der Waals surface area contributed by atoms with E-state index in [9.17, 15) is 18.0 Å². The summed E-state index contributed by atoms with van der Waals surface area (Å²) in [6.07, 6.45) is 1.89. The molecule has 0 saturated carbocycles. The van der Waals surface area contributed by atoms with Crippen LogP contribution in [-0.4, -0.2) is 44.2 Å². The van der Waals surface area contributed by atoms with Crippen LogP contribution in [0.15, 0.2) is 59.5 Å². The van der Waals surface area contributed by atoms with Crippen LogP contribution in [0.4, 0.5) is 11.4 Å². The molecule has 0 aliphatic carbocycles. The van der Waals surface area contributed by atoms with E-state index in [0.29, 0.717) is 42.4 Å². The molecule has 0 radical (unpaired) electrons. The molecule has 0 spiro atoms. The van der Waals surface area contributed by atoms with Crippen LogP contribution in [0, 0.1) is 5.92 Å². The molecule has 1 N–H and O–H groups in total. The molecule has 0 bridgehead atoms. The van der Waals surface area contributed by atoms with Crippen molar-refractivity contribution in [3.63, 3.8) is 0 Å². The van der Waals surface area contributed by atoms with Gasteiger partial charge in [-0.25, -0.2) is 8.42 Å². The van der Waals surface area contributed by atoms with Gasteiger partial charge >= 0.3 is 0 Å². The van der Waals surface area contributed by atoms with Gasteiger partial charge in [0.1, 0.15) is 0 Å². The number of benzene rings is 3. The van der Waals surface area contributed by atoms with E-state index >= 15 is 0 Å². The summed E-state index contributed by atoms with van der Waals surface area (Å²) in [4.78, 5) is 27.6. The van der Waals surface area contributed by atoms with Gasteiger partial charge in [0, 0.05) is 47.2 Å². The number of anilines is 2. The fraction of sp³-hybridized carbons (Fsp3) is 0.308. The molecule has 8 heteroatoms. The molecular formula is C26H27N3O4S. The van der Waals surface area contributed by atoms with E-state index in [1.54, 1.807) is 17.0 Å². The Hall–Kier alpha value is -3.23. The Morgan fingerprint density at radius 2 is 1.85 bits per heavy atom. The summed E-state index contributed by atoms with van der Waals surface area (Å²) in [7, 11) is -3.58. The van der Waals surface area contributed by atoms with E-state index in [1.807, 2.05) is 25.1 Å². The molecule has 2 amide bonds. The third-order valence-corrected chi connectivity index (χ3v) is 8.60. The lowest BCUT2D eigenvalue weighted by Gasteiger charge is -2.30. The molecule has 1 unspecified atom stereocenters. The van der Waals surface area contributed by atoms with Crippen molar-refractivity contribution in [2.24, 2.45) is 5.92 Å². The second-order valence-electron chi connectivity index (χ2n) is 9.00. The van der Waals surface area contributed by atoms with Gasteiger partial charge in [0.2, 0.25) is 10.0 Å². The summed E-state index contributed by atoms with van der Waals surface area (Å²) >= 11 is 0. The zero-order valence-corrected chi connectivity index (χ0v) is 20.1. The lowest BCUT2D eigenvalue weighted by molar-refractivity contribution is 0.0992. The smallest absolute Gasteiger partial charge is 0.258 e. The van der Waals surface area contributed by atoms with Crippen molar-refractivity contribution in [2.45, 2.75) is 31.6 Å². The first-order valence-electron chi connectivity index (χ1n) is 11.6. The highest BCUT2D eigenvalue weighted by atomic mass is 32.2. The Labute approximate surface area is 199 Å². The second-order valence-corrected chi connectivity index (χ2v) is 10.9. The number of carbonyl (C=O) groups is 2. The van der Waals surface area contributed by atoms with E-state index in [2.05, 4.69) is 12.2 Å². The van der Waals surface area contributed by atoms with Crippen LogP contribution in [0.3, 0.4) is 0 Å². The van der Waals surface area contributed by atoms with Crippen LogP contribution in [0.2, 0.25) is 0 Å². The average Bonchev–Trinajstić information content (AvgIpc) is 3.13. The molecule has 0 aromatic heterocycles. The van der Waals surface area contributed by atoms with Crippen molar-refractivity contribution < 1.29 is 18.0 Å². The number of sulfonamides is 1. The van der Waals surface area contributed by atoms with Crippen LogP contribution in [-0.2, 0) is 10.0 Å². The van der Waals surface area contributed by atoms with Crippen LogP contribution < -0.4 is 10.2 Å². The van der Waals surface area contributed by atoms with Crippen LogP contribution in [0.25, 0.3) is 10.8 Å². The predicted octanol–water partition coefficient (Wildman–Crippen LogP) is 4.49. The van der Waals surface area contributed by atoms with E-state index < -0.39 is 10.0 Å². The SMILES string of the molecule is CCN1C(=O)c2cccc3c(NC(=O)c4ccc(S(=O)(=O)N5CCCC(C)C5)cc4)ccc1c23. The first-order valence-corrected chi connectivity index (χ1v) is 13.0. The normalized spacial score (nSPS) is 18.5. The Kier molecular flexibility index (Phi) is 5.65. The third-order valence-electron chi connectivity index (χ3n) is 6.72. The highest BCUT2D eigenvalue weighted by Gasteiger charge is 2.30. The topological polar surface area (TPSA) is 86.8 Å². The molecule has 34 heavy (non-hydrogen) atoms. The summed E-state index contributed by atoms with van der Waals surface area (Å²) in [6.45, 7) is 5.61. The zero-order valence-electron chi connectivity index (χ0n) is 19.2. The van der Waals surface area contributed by atoms with Crippen molar-refractivity contribution in [1.82, 2.24) is 4.31 Å². The molecule has 2 heterocycles. The van der Waals surface area contributed by atoms with Gasteiger partial charge in [-0.15, -0.1) is 0 Å². The molecule has 5 rings (SSSR count). The lowest BCUT2D eigenvalue weighted by atomic mass is 10.0. The van der Waals surface area contributed by atoms with Crippen LogP contribution in [0.1, 0.15) is 47.4 Å². The predicted molar refractivity (Wildman–Crippen MR) is 133 cm³/mol. The number of nitrogens with one attached hydrogen (secondary N) is 1. The maximum Gasteiger partial charge on any atom is 0.258 e. The first kappa shape index (κ1) is 22.6. The van der Waals surface area contributed by atoms with Gasteiger partial charge in [0.25, 0.3) is 11.8 Å². The van der Waals surface area contributed by atoms with Crippen molar-refractivity contribution in [3.05, 3.63) is 65.7 Å². The van der Waals surface area contributed by atoms with Gasteiger partial charge in [-0.2, -0.15) is 4.31 Å². The van der Waals surface area contributed by atoms with E-state index in [1.165, 1.54) is 28.6 Å². The van der Waals surface area contributed by atoms with Gasteiger partial charge in [0.15, 0.2) is 0 Å². The Morgan fingerprint density at radius 1 is 1.09 bits per heavy atom. The highest BCUT2D eigenvalue weighted by Crippen LogP contribution is 2.40. The quantitative estimate of drug-likeness (QED) is 0.587. The zero-order chi connectivity index (χ0) is 24.0. The minimum Gasteiger partial charge on any atom is -0.321 e. The van der Waals surface area contributed by atoms with Crippen molar-refractivity contribution in [3.8, 4) is 0 Å². The van der Waals surface area contributed by atoms with Gasteiger partial charge < -0.3 is 10.2 Å². The summed E-state index contributed by atoms with van der Waals surface area (Å²) in [5.74, 6) is -0.0366. The number of hydrogen-bond donors (Lipinski definition) is 1. The minimum atomic E-state index is -3.58. The minimum absolute atomic E-state index is 0.0357. The fourth-order valence-corrected chi connectivity index (χ4v) is 6.55. The maximum absolute atomic E-state index is 13.0. The molecule has 7 nitrogen and oxygen atoms in total. The molecule has 2 aliphatic heterocycles. The Morgan fingerprint density at radius 3 is 2.56 bits per heavy atom. The van der Waals surface area contributed by atoms with Gasteiger partial charge in [-0.05, 0) is 68.1 Å². The number of amides is 2. The largest absolute Gasteiger partial charge is 0.321 e. The van der Waals surface area contributed by atoms with E-state index in [4.69, 9.17) is 0 Å². The molecule has 3 aromatic rings. The molecule has 176 valence electrons. The highest BCUT2D eigenvalue weighted by molar-refractivity contribution is 7.89. The monoisotopic (exact) mass is 477 g/mol. The third kappa shape index (κ3) is 3.67. The summed E-state index contributed by atoms with van der Waals surface area (Å²) in [5.41, 5.74) is 2.44. The fourth-order valence-electron chi connectivity index (χ4n) is 4.96. The summed E-state index contributed by atoms with van der Waals surface area (Å²) < 4.78 is 27.5. The number of hydrogen-bond acceptors (Lipinski definition) is 4. The summed E-state index contributed by atoms with van der Waals surface area (Å²) in [5, 5.41) is 4.56. The number of carbonyl (C=O) groups excluding carboxylic acids is 2. The van der Waals surface area contributed by atoms with Gasteiger partial charge in [0.05, 0.1) is 10.6 Å². The van der Waals surface area contributed by atoms with Crippen molar-refractivity contribution in [2.75, 3.05) is 29.9 Å².